The minimum absolute atomic E-state index is 0.193. The molecule has 1 aliphatic heterocycles. The Balaban J connectivity index is 1.94. The third-order valence-corrected chi connectivity index (χ3v) is 5.07. The van der Waals surface area contributed by atoms with Gasteiger partial charge in [-0.25, -0.2) is 9.69 Å². The number of halogens is 2. The largest absolute Gasteiger partial charge is 0.481 e. The van der Waals surface area contributed by atoms with Crippen molar-refractivity contribution in [3.8, 4) is 5.75 Å². The molecule has 0 spiro atoms. The van der Waals surface area contributed by atoms with Gasteiger partial charge in [0.05, 0.1) is 10.6 Å². The molecule has 1 saturated heterocycles. The number of carbonyl (C=O) groups excluding carboxylic acids is 2. The number of hydrogen-bond donors (Lipinski definition) is 1. The van der Waals surface area contributed by atoms with E-state index in [2.05, 4.69) is 15.9 Å². The summed E-state index contributed by atoms with van der Waals surface area (Å²) in [5.41, 5.74) is 0.854. The molecule has 138 valence electrons. The molecule has 6 nitrogen and oxygen atoms in total. The highest BCUT2D eigenvalue weighted by molar-refractivity contribution is 9.10. The minimum atomic E-state index is -1.12. The molecule has 0 radical (unpaired) electrons. The van der Waals surface area contributed by atoms with E-state index < -0.39 is 23.7 Å². The van der Waals surface area contributed by atoms with Crippen molar-refractivity contribution in [2.45, 2.75) is 0 Å². The average molecular weight is 469 g/mol. The fourth-order valence-electron chi connectivity index (χ4n) is 2.35. The van der Waals surface area contributed by atoms with Crippen molar-refractivity contribution in [3.63, 3.8) is 0 Å². The summed E-state index contributed by atoms with van der Waals surface area (Å²) in [6.07, 6.45) is 1.50. The summed E-state index contributed by atoms with van der Waals surface area (Å²) >= 11 is 10.1. The normalized spacial score (nSPS) is 15.5. The van der Waals surface area contributed by atoms with Gasteiger partial charge >= 0.3 is 5.97 Å². The van der Waals surface area contributed by atoms with Crippen molar-refractivity contribution in [2.24, 2.45) is 0 Å². The van der Waals surface area contributed by atoms with Gasteiger partial charge in [-0.2, -0.15) is 0 Å². The maximum absolute atomic E-state index is 12.7. The molecule has 0 atom stereocenters. The number of imide groups is 1. The third-order valence-electron chi connectivity index (χ3n) is 3.47. The van der Waals surface area contributed by atoms with Crippen molar-refractivity contribution >= 4 is 68.2 Å². The highest BCUT2D eigenvalue weighted by Gasteiger charge is 2.36. The Morgan fingerprint density at radius 3 is 2.74 bits per heavy atom. The number of hydrogen-bond acceptors (Lipinski definition) is 5. The molecule has 0 aliphatic carbocycles. The van der Waals surface area contributed by atoms with Crippen LogP contribution in [-0.4, -0.2) is 28.8 Å². The molecule has 1 aliphatic rings. The maximum atomic E-state index is 12.7. The Bertz CT molecular complexity index is 978. The number of carboxylic acid groups (broad SMARTS) is 1. The molecule has 2 aromatic rings. The van der Waals surface area contributed by atoms with Gasteiger partial charge in [0.15, 0.2) is 6.61 Å². The highest BCUT2D eigenvalue weighted by atomic mass is 79.9. The van der Waals surface area contributed by atoms with Crippen molar-refractivity contribution in [3.05, 3.63) is 62.4 Å². The number of benzene rings is 2. The Hall–Kier alpha value is -2.29. The Morgan fingerprint density at radius 1 is 1.26 bits per heavy atom. The van der Waals surface area contributed by atoms with E-state index in [0.29, 0.717) is 20.7 Å². The molecular formula is C18H11BrClNO5S. The second-order valence-electron chi connectivity index (χ2n) is 5.36. The van der Waals surface area contributed by atoms with Gasteiger partial charge in [-0.15, -0.1) is 0 Å². The summed E-state index contributed by atoms with van der Waals surface area (Å²) in [4.78, 5) is 37.0. The fourth-order valence-corrected chi connectivity index (χ4v) is 3.75. The molecule has 3 rings (SSSR count). The first-order chi connectivity index (χ1) is 12.8. The maximum Gasteiger partial charge on any atom is 0.341 e. The monoisotopic (exact) mass is 467 g/mol. The highest BCUT2D eigenvalue weighted by Crippen LogP contribution is 2.37. The van der Waals surface area contributed by atoms with Gasteiger partial charge in [-0.05, 0) is 54.2 Å². The van der Waals surface area contributed by atoms with Crippen LogP contribution in [0.1, 0.15) is 5.56 Å². The predicted molar refractivity (Wildman–Crippen MR) is 107 cm³/mol. The second kappa shape index (κ2) is 8.16. The minimum Gasteiger partial charge on any atom is -0.481 e. The number of ether oxygens (including phenoxy) is 1. The van der Waals surface area contributed by atoms with E-state index in [-0.39, 0.29) is 10.7 Å². The lowest BCUT2D eigenvalue weighted by molar-refractivity contribution is -0.139. The third kappa shape index (κ3) is 4.52. The fraction of sp³-hybridized carbons (Fsp3) is 0.0556. The Kier molecular flexibility index (Phi) is 5.88. The number of nitrogens with zero attached hydrogens (tertiary/aromatic N) is 1. The van der Waals surface area contributed by atoms with E-state index in [1.54, 1.807) is 36.4 Å². The Labute approximate surface area is 171 Å². The van der Waals surface area contributed by atoms with Crippen LogP contribution in [0.3, 0.4) is 0 Å². The number of rotatable bonds is 5. The summed E-state index contributed by atoms with van der Waals surface area (Å²) in [6.45, 7) is -0.521. The number of amides is 2. The molecule has 0 aromatic heterocycles. The SMILES string of the molecule is O=C(O)COc1ccc(Br)cc1/C=C1\SC(=O)N(c2cccc(Cl)c2)C1=O. The van der Waals surface area contributed by atoms with E-state index in [4.69, 9.17) is 21.4 Å². The van der Waals surface area contributed by atoms with E-state index in [1.165, 1.54) is 12.1 Å². The zero-order valence-corrected chi connectivity index (χ0v) is 16.7. The number of carbonyl (C=O) groups is 3. The predicted octanol–water partition coefficient (Wildman–Crippen LogP) is 4.81. The van der Waals surface area contributed by atoms with Gasteiger partial charge in [-0.3, -0.25) is 9.59 Å². The van der Waals surface area contributed by atoms with E-state index in [0.717, 1.165) is 16.7 Å². The first-order valence-electron chi connectivity index (χ1n) is 7.53. The zero-order valence-electron chi connectivity index (χ0n) is 13.5. The summed E-state index contributed by atoms with van der Waals surface area (Å²) in [5, 5.41) is 8.76. The smallest absolute Gasteiger partial charge is 0.341 e. The summed E-state index contributed by atoms with van der Waals surface area (Å²) in [7, 11) is 0. The topological polar surface area (TPSA) is 83.9 Å². The van der Waals surface area contributed by atoms with Gasteiger partial charge < -0.3 is 9.84 Å². The molecule has 2 aromatic carbocycles. The van der Waals surface area contributed by atoms with E-state index >= 15 is 0 Å². The van der Waals surface area contributed by atoms with Crippen LogP contribution in [0.5, 0.6) is 5.75 Å². The molecule has 1 fully saturated rings. The number of aliphatic carboxylic acids is 1. The van der Waals surface area contributed by atoms with E-state index in [1.807, 2.05) is 0 Å². The number of thioether (sulfide) groups is 1. The van der Waals surface area contributed by atoms with Crippen LogP contribution in [0.2, 0.25) is 5.02 Å². The molecule has 9 heteroatoms. The average Bonchev–Trinajstić information content (AvgIpc) is 2.87. The van der Waals surface area contributed by atoms with Crippen LogP contribution in [-0.2, 0) is 9.59 Å². The lowest BCUT2D eigenvalue weighted by atomic mass is 10.2. The molecule has 1 heterocycles. The van der Waals surface area contributed by atoms with Crippen LogP contribution in [0.25, 0.3) is 6.08 Å². The molecule has 2 amide bonds. The van der Waals surface area contributed by atoms with Crippen molar-refractivity contribution < 1.29 is 24.2 Å². The molecule has 0 unspecified atom stereocenters. The van der Waals surface area contributed by atoms with Crippen molar-refractivity contribution in [1.29, 1.82) is 0 Å². The second-order valence-corrected chi connectivity index (χ2v) is 7.71. The molecule has 0 saturated carbocycles. The van der Waals surface area contributed by atoms with Gasteiger partial charge in [0.2, 0.25) is 0 Å². The first kappa shape index (κ1) is 19.5. The van der Waals surface area contributed by atoms with Crippen molar-refractivity contribution in [2.75, 3.05) is 11.5 Å². The summed E-state index contributed by atoms with van der Waals surface area (Å²) in [6, 6.07) is 11.4. The van der Waals surface area contributed by atoms with E-state index in [9.17, 15) is 14.4 Å². The van der Waals surface area contributed by atoms with Crippen molar-refractivity contribution in [1.82, 2.24) is 0 Å². The molecule has 1 N–H and O–H groups in total. The lowest BCUT2D eigenvalue weighted by Crippen LogP contribution is -2.27. The van der Waals surface area contributed by atoms with Crippen LogP contribution >= 0.6 is 39.3 Å². The van der Waals surface area contributed by atoms with Crippen LogP contribution in [0, 0.1) is 0 Å². The van der Waals surface area contributed by atoms with Crippen LogP contribution < -0.4 is 9.64 Å². The van der Waals surface area contributed by atoms with Gasteiger partial charge in [0.25, 0.3) is 11.1 Å². The quantitative estimate of drug-likeness (QED) is 0.634. The van der Waals surface area contributed by atoms with Crippen LogP contribution in [0.4, 0.5) is 10.5 Å². The van der Waals surface area contributed by atoms with Gasteiger partial charge in [-0.1, -0.05) is 33.6 Å². The van der Waals surface area contributed by atoms with Crippen LogP contribution in [0.15, 0.2) is 51.8 Å². The number of carboxylic acids is 1. The zero-order chi connectivity index (χ0) is 19.6. The molecule has 0 bridgehead atoms. The van der Waals surface area contributed by atoms with Gasteiger partial charge in [0, 0.05) is 15.1 Å². The molecule has 27 heavy (non-hydrogen) atoms. The first-order valence-corrected chi connectivity index (χ1v) is 9.51. The molecular weight excluding hydrogens is 458 g/mol. The standard InChI is InChI=1S/C18H11BrClNO5S/c19-11-4-5-14(26-9-16(22)23)10(6-11)7-15-17(24)21(18(25)27-15)13-3-1-2-12(20)8-13/h1-8H,9H2,(H,22,23)/b15-7-. The summed E-state index contributed by atoms with van der Waals surface area (Å²) in [5.74, 6) is -1.32. The summed E-state index contributed by atoms with van der Waals surface area (Å²) < 4.78 is 5.97. The lowest BCUT2D eigenvalue weighted by Gasteiger charge is -2.12. The van der Waals surface area contributed by atoms with Gasteiger partial charge in [0.1, 0.15) is 5.75 Å². The Morgan fingerprint density at radius 2 is 2.04 bits per heavy atom. The number of anilines is 1.